The van der Waals surface area contributed by atoms with Crippen molar-refractivity contribution in [1.82, 2.24) is 5.43 Å². The summed E-state index contributed by atoms with van der Waals surface area (Å²) in [6, 6.07) is 12.0. The van der Waals surface area contributed by atoms with Crippen LogP contribution >= 0.6 is 0 Å². The molecule has 2 aromatic rings. The fourth-order valence-electron chi connectivity index (χ4n) is 1.86. The smallest absolute Gasteiger partial charge is 0.344 e. The largest absolute Gasteiger partial charge is 0.482 e. The lowest BCUT2D eigenvalue weighted by Gasteiger charge is -2.06. The van der Waals surface area contributed by atoms with Gasteiger partial charge in [0.1, 0.15) is 11.6 Å². The molecule has 1 amide bonds. The standard InChI is InChI=1S/C18H17FN2O4/c1-2-24-17(22)12-25-16-5-3-4-13(10-16)11-20-21-18(23)14-6-8-15(19)9-7-14/h3-11H,2,12H2,1H3,(H,21,23)/b20-11-. The normalized spacial score (nSPS) is 10.5. The predicted molar refractivity (Wildman–Crippen MR) is 90.0 cm³/mol. The van der Waals surface area contributed by atoms with Gasteiger partial charge in [0.15, 0.2) is 6.61 Å². The van der Waals surface area contributed by atoms with Gasteiger partial charge in [0.2, 0.25) is 0 Å². The summed E-state index contributed by atoms with van der Waals surface area (Å²) in [5.41, 5.74) is 3.31. The quantitative estimate of drug-likeness (QED) is 0.476. The van der Waals surface area contributed by atoms with E-state index in [4.69, 9.17) is 9.47 Å². The van der Waals surface area contributed by atoms with Crippen molar-refractivity contribution in [2.45, 2.75) is 6.92 Å². The van der Waals surface area contributed by atoms with Crippen LogP contribution in [0.4, 0.5) is 4.39 Å². The molecule has 6 nitrogen and oxygen atoms in total. The third kappa shape index (κ3) is 6.06. The lowest BCUT2D eigenvalue weighted by Crippen LogP contribution is -2.17. The third-order valence-electron chi connectivity index (χ3n) is 3.01. The first-order valence-electron chi connectivity index (χ1n) is 7.56. The molecule has 7 heteroatoms. The highest BCUT2D eigenvalue weighted by Crippen LogP contribution is 2.12. The summed E-state index contributed by atoms with van der Waals surface area (Å²) in [7, 11) is 0. The van der Waals surface area contributed by atoms with Gasteiger partial charge >= 0.3 is 5.97 Å². The molecule has 25 heavy (non-hydrogen) atoms. The van der Waals surface area contributed by atoms with Gasteiger partial charge < -0.3 is 9.47 Å². The number of hydrogen-bond acceptors (Lipinski definition) is 5. The van der Waals surface area contributed by atoms with Crippen molar-refractivity contribution in [1.29, 1.82) is 0 Å². The van der Waals surface area contributed by atoms with Crippen LogP contribution in [0.25, 0.3) is 0 Å². The second-order valence-corrected chi connectivity index (χ2v) is 4.87. The molecule has 0 aromatic heterocycles. The minimum atomic E-state index is -0.453. The summed E-state index contributed by atoms with van der Waals surface area (Å²) in [5.74, 6) is -0.847. The van der Waals surface area contributed by atoms with Crippen LogP contribution in [0.2, 0.25) is 0 Å². The van der Waals surface area contributed by atoms with Crippen molar-refractivity contribution in [3.63, 3.8) is 0 Å². The zero-order chi connectivity index (χ0) is 18.1. The highest BCUT2D eigenvalue weighted by atomic mass is 19.1. The number of benzene rings is 2. The van der Waals surface area contributed by atoms with Crippen molar-refractivity contribution in [2.24, 2.45) is 5.10 Å². The number of carbonyl (C=O) groups excluding carboxylic acids is 2. The number of hydrazone groups is 1. The average molecular weight is 344 g/mol. The topological polar surface area (TPSA) is 77.0 Å². The van der Waals surface area contributed by atoms with Crippen LogP contribution in [0.5, 0.6) is 5.75 Å². The molecule has 0 unspecified atom stereocenters. The Kier molecular flexibility index (Phi) is 6.65. The molecule has 0 atom stereocenters. The van der Waals surface area contributed by atoms with Crippen molar-refractivity contribution < 1.29 is 23.5 Å². The predicted octanol–water partition coefficient (Wildman–Crippen LogP) is 2.53. The molecule has 0 aliphatic carbocycles. The number of esters is 1. The Bertz CT molecular complexity index is 760. The Labute approximate surface area is 144 Å². The number of nitrogens with zero attached hydrogens (tertiary/aromatic N) is 1. The maximum atomic E-state index is 12.8. The molecule has 0 radical (unpaired) electrons. The third-order valence-corrected chi connectivity index (χ3v) is 3.01. The molecule has 0 aliphatic heterocycles. The molecule has 0 bridgehead atoms. The molecule has 2 aromatic carbocycles. The van der Waals surface area contributed by atoms with E-state index in [0.717, 1.165) is 0 Å². The number of nitrogens with one attached hydrogen (secondary N) is 1. The Morgan fingerprint density at radius 2 is 1.96 bits per heavy atom. The van der Waals surface area contributed by atoms with Crippen LogP contribution in [0.15, 0.2) is 53.6 Å². The van der Waals surface area contributed by atoms with Crippen LogP contribution < -0.4 is 10.2 Å². The van der Waals surface area contributed by atoms with Crippen molar-refractivity contribution in [3.05, 3.63) is 65.5 Å². The highest BCUT2D eigenvalue weighted by molar-refractivity contribution is 5.94. The monoisotopic (exact) mass is 344 g/mol. The summed E-state index contributed by atoms with van der Waals surface area (Å²) >= 11 is 0. The molecular formula is C18H17FN2O4. The van der Waals surface area contributed by atoms with Gasteiger partial charge in [-0.3, -0.25) is 4.79 Å². The van der Waals surface area contributed by atoms with Gasteiger partial charge in [0, 0.05) is 5.56 Å². The fourth-order valence-corrected chi connectivity index (χ4v) is 1.86. The minimum absolute atomic E-state index is 0.185. The van der Waals surface area contributed by atoms with Gasteiger partial charge in [-0.05, 0) is 48.9 Å². The molecule has 130 valence electrons. The average Bonchev–Trinajstić information content (AvgIpc) is 2.61. The molecule has 0 heterocycles. The van der Waals surface area contributed by atoms with Crippen molar-refractivity contribution >= 4 is 18.1 Å². The lowest BCUT2D eigenvalue weighted by molar-refractivity contribution is -0.145. The fraction of sp³-hybridized carbons (Fsp3) is 0.167. The second-order valence-electron chi connectivity index (χ2n) is 4.87. The maximum Gasteiger partial charge on any atom is 0.344 e. The van der Waals surface area contributed by atoms with Crippen LogP contribution in [-0.4, -0.2) is 31.3 Å². The first-order valence-corrected chi connectivity index (χ1v) is 7.56. The summed E-state index contributed by atoms with van der Waals surface area (Å²) in [6.07, 6.45) is 1.43. The molecule has 0 aliphatic rings. The van der Waals surface area contributed by atoms with Gasteiger partial charge in [-0.1, -0.05) is 12.1 Å². The Balaban J connectivity index is 1.90. The first-order chi connectivity index (χ1) is 12.1. The maximum absolute atomic E-state index is 12.8. The zero-order valence-electron chi connectivity index (χ0n) is 13.6. The van der Waals surface area contributed by atoms with Crippen LogP contribution in [0, 0.1) is 5.82 Å². The van der Waals surface area contributed by atoms with E-state index in [1.807, 2.05) is 0 Å². The summed E-state index contributed by atoms with van der Waals surface area (Å²) < 4.78 is 22.9. The molecule has 0 spiro atoms. The lowest BCUT2D eigenvalue weighted by atomic mass is 10.2. The van der Waals surface area contributed by atoms with Crippen LogP contribution in [0.3, 0.4) is 0 Å². The van der Waals surface area contributed by atoms with E-state index >= 15 is 0 Å². The van der Waals surface area contributed by atoms with E-state index in [0.29, 0.717) is 23.5 Å². The summed E-state index contributed by atoms with van der Waals surface area (Å²) in [5, 5.41) is 3.84. The summed E-state index contributed by atoms with van der Waals surface area (Å²) in [6.45, 7) is 1.83. The first kappa shape index (κ1) is 18.1. The van der Waals surface area contributed by atoms with E-state index in [1.165, 1.54) is 30.5 Å². The Morgan fingerprint density at radius 1 is 1.20 bits per heavy atom. The number of carbonyl (C=O) groups is 2. The van der Waals surface area contributed by atoms with E-state index < -0.39 is 17.7 Å². The minimum Gasteiger partial charge on any atom is -0.482 e. The van der Waals surface area contributed by atoms with Crippen LogP contribution in [0.1, 0.15) is 22.8 Å². The summed E-state index contributed by atoms with van der Waals surface area (Å²) in [4.78, 5) is 23.1. The van der Waals surface area contributed by atoms with E-state index in [1.54, 1.807) is 31.2 Å². The molecule has 2 rings (SSSR count). The van der Waals surface area contributed by atoms with Crippen molar-refractivity contribution in [3.8, 4) is 5.75 Å². The number of ether oxygens (including phenoxy) is 2. The van der Waals surface area contributed by atoms with E-state index in [9.17, 15) is 14.0 Å². The van der Waals surface area contributed by atoms with Gasteiger partial charge in [-0.15, -0.1) is 0 Å². The second kappa shape index (κ2) is 9.17. The van der Waals surface area contributed by atoms with E-state index in [2.05, 4.69) is 10.5 Å². The number of amides is 1. The van der Waals surface area contributed by atoms with Gasteiger partial charge in [0.05, 0.1) is 12.8 Å². The highest BCUT2D eigenvalue weighted by Gasteiger charge is 2.04. The van der Waals surface area contributed by atoms with Gasteiger partial charge in [0.25, 0.3) is 5.91 Å². The molecule has 0 saturated carbocycles. The van der Waals surface area contributed by atoms with Gasteiger partial charge in [-0.2, -0.15) is 5.10 Å². The molecule has 0 fully saturated rings. The molecular weight excluding hydrogens is 327 g/mol. The van der Waals surface area contributed by atoms with Crippen LogP contribution in [-0.2, 0) is 9.53 Å². The van der Waals surface area contributed by atoms with E-state index in [-0.39, 0.29) is 6.61 Å². The Morgan fingerprint density at radius 3 is 2.68 bits per heavy atom. The SMILES string of the molecule is CCOC(=O)COc1cccc(/C=N\NC(=O)c2ccc(F)cc2)c1. The Hall–Kier alpha value is -3.22. The molecule has 1 N–H and O–H groups in total. The van der Waals surface area contributed by atoms with Gasteiger partial charge in [-0.25, -0.2) is 14.6 Å². The molecule has 0 saturated heterocycles. The number of hydrogen-bond donors (Lipinski definition) is 1. The number of halogens is 1. The number of rotatable bonds is 7. The van der Waals surface area contributed by atoms with Crippen molar-refractivity contribution in [2.75, 3.05) is 13.2 Å². The zero-order valence-corrected chi connectivity index (χ0v) is 13.6.